The van der Waals surface area contributed by atoms with Crippen LogP contribution in [0, 0.1) is 11.6 Å². The zero-order chi connectivity index (χ0) is 17.9. The molecule has 0 bridgehead atoms. The summed E-state index contributed by atoms with van der Waals surface area (Å²) in [6.45, 7) is 0. The molecule has 0 radical (unpaired) electrons. The summed E-state index contributed by atoms with van der Waals surface area (Å²) in [5.74, 6) is -0.435. The maximum Gasteiger partial charge on any atom is 0.322 e. The van der Waals surface area contributed by atoms with Crippen LogP contribution < -0.4 is 4.74 Å². The lowest BCUT2D eigenvalue weighted by Gasteiger charge is -2.06. The molecule has 0 amide bonds. The highest BCUT2D eigenvalue weighted by Gasteiger charge is 2.13. The molecule has 2 aromatic carbocycles. The quantitative estimate of drug-likeness (QED) is 0.584. The SMILES string of the molecule is Fc1ccc(-c2nc[nH]c2-c2ccnc(Oc3cccc(F)c3)n2)cc1. The number of hydrogen-bond acceptors (Lipinski definition) is 4. The van der Waals surface area contributed by atoms with Crippen molar-refractivity contribution in [2.75, 3.05) is 0 Å². The van der Waals surface area contributed by atoms with E-state index in [-0.39, 0.29) is 11.8 Å². The van der Waals surface area contributed by atoms with Crippen LogP contribution >= 0.6 is 0 Å². The highest BCUT2D eigenvalue weighted by molar-refractivity contribution is 5.76. The number of nitrogens with zero attached hydrogens (tertiary/aromatic N) is 3. The van der Waals surface area contributed by atoms with Crippen molar-refractivity contribution in [2.24, 2.45) is 0 Å². The lowest BCUT2D eigenvalue weighted by molar-refractivity contribution is 0.438. The summed E-state index contributed by atoms with van der Waals surface area (Å²) in [4.78, 5) is 15.7. The van der Waals surface area contributed by atoms with Gasteiger partial charge in [0.15, 0.2) is 0 Å². The van der Waals surface area contributed by atoms with E-state index in [9.17, 15) is 8.78 Å². The van der Waals surface area contributed by atoms with E-state index in [4.69, 9.17) is 4.74 Å². The van der Waals surface area contributed by atoms with Crippen LogP contribution in [0.5, 0.6) is 11.8 Å². The van der Waals surface area contributed by atoms with Crippen LogP contribution in [0.15, 0.2) is 67.1 Å². The van der Waals surface area contributed by atoms with Crippen LogP contribution in [-0.4, -0.2) is 19.9 Å². The van der Waals surface area contributed by atoms with Gasteiger partial charge in [-0.05, 0) is 42.5 Å². The predicted octanol–water partition coefficient (Wildman–Crippen LogP) is 4.60. The summed E-state index contributed by atoms with van der Waals surface area (Å²) in [6, 6.07) is 13.5. The molecule has 2 heterocycles. The molecule has 4 aromatic rings. The fourth-order valence-corrected chi connectivity index (χ4v) is 2.48. The van der Waals surface area contributed by atoms with Crippen molar-refractivity contribution in [3.8, 4) is 34.4 Å². The second-order valence-corrected chi connectivity index (χ2v) is 5.42. The average molecular weight is 350 g/mol. The van der Waals surface area contributed by atoms with E-state index in [1.165, 1.54) is 42.9 Å². The van der Waals surface area contributed by atoms with Crippen LogP contribution in [-0.2, 0) is 0 Å². The first-order chi connectivity index (χ1) is 12.7. The van der Waals surface area contributed by atoms with E-state index in [1.54, 1.807) is 24.3 Å². The van der Waals surface area contributed by atoms with Crippen molar-refractivity contribution in [2.45, 2.75) is 0 Å². The minimum Gasteiger partial charge on any atom is -0.424 e. The molecule has 26 heavy (non-hydrogen) atoms. The minimum absolute atomic E-state index is 0.0766. The number of aromatic nitrogens is 4. The van der Waals surface area contributed by atoms with E-state index in [0.717, 1.165) is 5.56 Å². The van der Waals surface area contributed by atoms with Gasteiger partial charge in [-0.15, -0.1) is 0 Å². The van der Waals surface area contributed by atoms with Crippen molar-refractivity contribution in [3.63, 3.8) is 0 Å². The molecule has 0 aliphatic heterocycles. The number of hydrogen-bond donors (Lipinski definition) is 1. The van der Waals surface area contributed by atoms with Gasteiger partial charge < -0.3 is 9.72 Å². The highest BCUT2D eigenvalue weighted by atomic mass is 19.1. The smallest absolute Gasteiger partial charge is 0.322 e. The molecule has 0 atom stereocenters. The standard InChI is InChI=1S/C19H12F2N4O/c20-13-6-4-12(5-7-13)17-18(24-11-23-17)16-8-9-22-19(25-16)26-15-3-1-2-14(21)10-15/h1-11H,(H,23,24). The maximum absolute atomic E-state index is 13.3. The van der Waals surface area contributed by atoms with Crippen LogP contribution in [0.25, 0.3) is 22.6 Å². The zero-order valence-corrected chi connectivity index (χ0v) is 13.4. The molecule has 0 saturated carbocycles. The predicted molar refractivity (Wildman–Crippen MR) is 91.5 cm³/mol. The van der Waals surface area contributed by atoms with Crippen molar-refractivity contribution in [3.05, 3.63) is 78.8 Å². The van der Waals surface area contributed by atoms with Gasteiger partial charge in [0.2, 0.25) is 0 Å². The lowest BCUT2D eigenvalue weighted by atomic mass is 10.1. The molecule has 5 nitrogen and oxygen atoms in total. The molecule has 1 N–H and O–H groups in total. The summed E-state index contributed by atoms with van der Waals surface area (Å²) in [5, 5.41) is 0. The van der Waals surface area contributed by atoms with E-state index < -0.39 is 5.82 Å². The third-order valence-corrected chi connectivity index (χ3v) is 3.65. The van der Waals surface area contributed by atoms with E-state index >= 15 is 0 Å². The normalized spacial score (nSPS) is 10.7. The highest BCUT2D eigenvalue weighted by Crippen LogP contribution is 2.29. The Morgan fingerprint density at radius 3 is 2.54 bits per heavy atom. The molecule has 2 aromatic heterocycles. The van der Waals surface area contributed by atoms with Gasteiger partial charge in [-0.1, -0.05) is 6.07 Å². The molecule has 4 rings (SSSR count). The van der Waals surface area contributed by atoms with Gasteiger partial charge >= 0.3 is 6.01 Å². The topological polar surface area (TPSA) is 63.7 Å². The second-order valence-electron chi connectivity index (χ2n) is 5.42. The average Bonchev–Trinajstić information content (AvgIpc) is 3.12. The van der Waals surface area contributed by atoms with E-state index in [2.05, 4.69) is 19.9 Å². The zero-order valence-electron chi connectivity index (χ0n) is 13.4. The first-order valence-corrected chi connectivity index (χ1v) is 7.75. The van der Waals surface area contributed by atoms with Crippen LogP contribution in [0.3, 0.4) is 0 Å². The third-order valence-electron chi connectivity index (χ3n) is 3.65. The van der Waals surface area contributed by atoms with Gasteiger partial charge in [0, 0.05) is 17.8 Å². The van der Waals surface area contributed by atoms with Gasteiger partial charge in [0.05, 0.1) is 23.4 Å². The monoisotopic (exact) mass is 350 g/mol. The van der Waals surface area contributed by atoms with Crippen molar-refractivity contribution in [1.82, 2.24) is 19.9 Å². The van der Waals surface area contributed by atoms with Gasteiger partial charge in [-0.25, -0.2) is 18.7 Å². The van der Waals surface area contributed by atoms with Gasteiger partial charge in [0.1, 0.15) is 17.4 Å². The summed E-state index contributed by atoms with van der Waals surface area (Å²) >= 11 is 0. The number of imidazole rings is 1. The summed E-state index contributed by atoms with van der Waals surface area (Å²) in [7, 11) is 0. The van der Waals surface area contributed by atoms with E-state index in [0.29, 0.717) is 22.8 Å². The number of aromatic amines is 1. The Bertz CT molecular complexity index is 1050. The molecule has 128 valence electrons. The van der Waals surface area contributed by atoms with Crippen molar-refractivity contribution >= 4 is 0 Å². The Balaban J connectivity index is 1.67. The molecular weight excluding hydrogens is 338 g/mol. The van der Waals surface area contributed by atoms with Crippen LogP contribution in [0.2, 0.25) is 0 Å². The number of H-pyrrole nitrogens is 1. The Labute approximate surface area is 147 Å². The molecule has 0 unspecified atom stereocenters. The fourth-order valence-electron chi connectivity index (χ4n) is 2.48. The fraction of sp³-hybridized carbons (Fsp3) is 0. The van der Waals surface area contributed by atoms with Gasteiger partial charge in [0.25, 0.3) is 0 Å². The molecule has 0 aliphatic carbocycles. The number of benzene rings is 2. The van der Waals surface area contributed by atoms with Crippen LogP contribution in [0.4, 0.5) is 8.78 Å². The summed E-state index contributed by atoms with van der Waals surface area (Å²) in [5.41, 5.74) is 2.56. The lowest BCUT2D eigenvalue weighted by Crippen LogP contribution is -1.95. The maximum atomic E-state index is 13.3. The summed E-state index contributed by atoms with van der Waals surface area (Å²) < 4.78 is 31.9. The Morgan fingerprint density at radius 1 is 0.885 bits per heavy atom. The molecule has 0 aliphatic rings. The number of nitrogens with one attached hydrogen (secondary N) is 1. The van der Waals surface area contributed by atoms with Crippen molar-refractivity contribution < 1.29 is 13.5 Å². The Kier molecular flexibility index (Phi) is 4.10. The Hall–Kier alpha value is -3.61. The summed E-state index contributed by atoms with van der Waals surface area (Å²) in [6.07, 6.45) is 3.06. The van der Waals surface area contributed by atoms with Gasteiger partial charge in [-0.2, -0.15) is 4.98 Å². The van der Waals surface area contributed by atoms with E-state index in [1.807, 2.05) is 0 Å². The number of ether oxygens (including phenoxy) is 1. The first kappa shape index (κ1) is 15.9. The third kappa shape index (κ3) is 3.27. The van der Waals surface area contributed by atoms with Crippen LogP contribution in [0.1, 0.15) is 0 Å². The molecular formula is C19H12F2N4O. The Morgan fingerprint density at radius 2 is 1.73 bits per heavy atom. The number of halogens is 2. The molecule has 0 saturated heterocycles. The van der Waals surface area contributed by atoms with Gasteiger partial charge in [-0.3, -0.25) is 0 Å². The molecule has 0 spiro atoms. The van der Waals surface area contributed by atoms with Crippen molar-refractivity contribution in [1.29, 1.82) is 0 Å². The largest absolute Gasteiger partial charge is 0.424 e. The first-order valence-electron chi connectivity index (χ1n) is 7.75. The second kappa shape index (κ2) is 6.72. The minimum atomic E-state index is -0.411. The number of rotatable bonds is 4. The molecule has 7 heteroatoms. The molecule has 0 fully saturated rings.